The quantitative estimate of drug-likeness (QED) is 0.762. The number of aromatic nitrogens is 1. The molecule has 1 aromatic heterocycles. The predicted molar refractivity (Wildman–Crippen MR) is 65.1 cm³/mol. The second-order valence-corrected chi connectivity index (χ2v) is 4.90. The van der Waals surface area contributed by atoms with Crippen LogP contribution in [0.3, 0.4) is 0 Å². The lowest BCUT2D eigenvalue weighted by molar-refractivity contribution is -0.146. The summed E-state index contributed by atoms with van der Waals surface area (Å²) in [6.07, 6.45) is 0.399. The van der Waals surface area contributed by atoms with Crippen molar-refractivity contribution < 1.29 is 15.0 Å². The molecule has 0 saturated carbocycles. The zero-order valence-electron chi connectivity index (χ0n) is 9.82. The molecule has 0 aliphatic rings. The molecular formula is C13H15NO3. The molecule has 0 aliphatic carbocycles. The lowest BCUT2D eigenvalue weighted by Gasteiger charge is -2.17. The average molecular weight is 233 g/mol. The van der Waals surface area contributed by atoms with Crippen molar-refractivity contribution in [2.75, 3.05) is 0 Å². The number of carboxylic acids is 1. The summed E-state index contributed by atoms with van der Waals surface area (Å²) in [5.41, 5.74) is 0.647. The first-order valence-electron chi connectivity index (χ1n) is 5.43. The number of para-hydroxylation sites is 1. The molecule has 4 heteroatoms. The Hall–Kier alpha value is -1.97. The van der Waals surface area contributed by atoms with E-state index in [4.69, 9.17) is 5.11 Å². The van der Waals surface area contributed by atoms with Gasteiger partial charge in [-0.3, -0.25) is 4.79 Å². The lowest BCUT2D eigenvalue weighted by Crippen LogP contribution is -2.26. The number of carbonyl (C=O) groups is 1. The summed E-state index contributed by atoms with van der Waals surface area (Å²) in [4.78, 5) is 14.1. The van der Waals surface area contributed by atoms with Crippen molar-refractivity contribution in [2.24, 2.45) is 5.41 Å². The fourth-order valence-electron chi connectivity index (χ4n) is 1.85. The average Bonchev–Trinajstić information content (AvgIpc) is 2.60. The highest BCUT2D eigenvalue weighted by Gasteiger charge is 2.28. The van der Waals surface area contributed by atoms with E-state index < -0.39 is 11.4 Å². The van der Waals surface area contributed by atoms with Crippen LogP contribution < -0.4 is 0 Å². The first kappa shape index (κ1) is 11.5. The summed E-state index contributed by atoms with van der Waals surface area (Å²) in [6.45, 7) is 3.36. The maximum Gasteiger partial charge on any atom is 0.309 e. The molecule has 0 saturated heterocycles. The minimum atomic E-state index is -0.833. The Kier molecular flexibility index (Phi) is 2.58. The number of H-pyrrole nitrogens is 1. The molecular weight excluding hydrogens is 218 g/mol. The van der Waals surface area contributed by atoms with Crippen LogP contribution in [0.1, 0.15) is 19.5 Å². The molecule has 0 aliphatic heterocycles. The molecule has 0 spiro atoms. The van der Waals surface area contributed by atoms with Crippen molar-refractivity contribution in [3.05, 3.63) is 30.0 Å². The van der Waals surface area contributed by atoms with Crippen LogP contribution in [0.5, 0.6) is 5.75 Å². The second-order valence-electron chi connectivity index (χ2n) is 4.90. The largest absolute Gasteiger partial charge is 0.506 e. The number of rotatable bonds is 3. The van der Waals surface area contributed by atoms with E-state index in [1.54, 1.807) is 26.0 Å². The standard InChI is InChI=1S/C13H15NO3/c1-13(2,12(16)17)7-9-6-8-4-3-5-10(15)11(8)14-9/h3-6,14-15H,7H2,1-2H3,(H,16,17). The third kappa shape index (κ3) is 2.11. The lowest BCUT2D eigenvalue weighted by atomic mass is 9.88. The van der Waals surface area contributed by atoms with Gasteiger partial charge in [-0.2, -0.15) is 0 Å². The molecule has 0 radical (unpaired) electrons. The summed E-state index contributed by atoms with van der Waals surface area (Å²) in [5, 5.41) is 19.6. The van der Waals surface area contributed by atoms with Gasteiger partial charge in [-0.1, -0.05) is 12.1 Å². The molecule has 0 fully saturated rings. The molecule has 3 N–H and O–H groups in total. The summed E-state index contributed by atoms with van der Waals surface area (Å²) in [7, 11) is 0. The van der Waals surface area contributed by atoms with Crippen LogP contribution in [0.25, 0.3) is 10.9 Å². The van der Waals surface area contributed by atoms with E-state index in [0.717, 1.165) is 11.1 Å². The van der Waals surface area contributed by atoms with E-state index in [9.17, 15) is 9.90 Å². The number of nitrogens with one attached hydrogen (secondary N) is 1. The van der Waals surface area contributed by atoms with Gasteiger partial charge in [0.2, 0.25) is 0 Å². The highest BCUT2D eigenvalue weighted by atomic mass is 16.4. The topological polar surface area (TPSA) is 73.3 Å². The van der Waals surface area contributed by atoms with E-state index in [1.165, 1.54) is 0 Å². The number of fused-ring (bicyclic) bond motifs is 1. The van der Waals surface area contributed by atoms with E-state index >= 15 is 0 Å². The summed E-state index contributed by atoms with van der Waals surface area (Å²) >= 11 is 0. The number of hydrogen-bond donors (Lipinski definition) is 3. The SMILES string of the molecule is CC(C)(Cc1cc2cccc(O)c2[nH]1)C(=O)O. The van der Waals surface area contributed by atoms with E-state index in [0.29, 0.717) is 11.9 Å². The fourth-order valence-corrected chi connectivity index (χ4v) is 1.85. The Bertz CT molecular complexity index is 569. The minimum Gasteiger partial charge on any atom is -0.506 e. The zero-order chi connectivity index (χ0) is 12.6. The monoisotopic (exact) mass is 233 g/mol. The molecule has 1 heterocycles. The highest BCUT2D eigenvalue weighted by molar-refractivity contribution is 5.86. The Morgan fingerprint density at radius 1 is 1.41 bits per heavy atom. The van der Waals surface area contributed by atoms with Crippen LogP contribution in [0.4, 0.5) is 0 Å². The van der Waals surface area contributed by atoms with Crippen LogP contribution in [0.2, 0.25) is 0 Å². The van der Waals surface area contributed by atoms with E-state index in [1.807, 2.05) is 12.1 Å². The minimum absolute atomic E-state index is 0.182. The molecule has 0 unspecified atom stereocenters. The van der Waals surface area contributed by atoms with Gasteiger partial charge in [0.15, 0.2) is 0 Å². The smallest absolute Gasteiger partial charge is 0.309 e. The Morgan fingerprint density at radius 3 is 2.71 bits per heavy atom. The molecule has 2 aromatic rings. The van der Waals surface area contributed by atoms with Gasteiger partial charge < -0.3 is 15.2 Å². The van der Waals surface area contributed by atoms with Gasteiger partial charge in [-0.15, -0.1) is 0 Å². The maximum atomic E-state index is 11.0. The van der Waals surface area contributed by atoms with Gasteiger partial charge >= 0.3 is 5.97 Å². The van der Waals surface area contributed by atoms with E-state index in [2.05, 4.69) is 4.98 Å². The number of aromatic hydroxyl groups is 1. The Labute approximate surface area is 98.9 Å². The molecule has 17 heavy (non-hydrogen) atoms. The van der Waals surface area contributed by atoms with Crippen molar-refractivity contribution >= 4 is 16.9 Å². The molecule has 0 atom stereocenters. The first-order valence-corrected chi connectivity index (χ1v) is 5.43. The van der Waals surface area contributed by atoms with Crippen molar-refractivity contribution in [2.45, 2.75) is 20.3 Å². The third-order valence-electron chi connectivity index (χ3n) is 2.90. The third-order valence-corrected chi connectivity index (χ3v) is 2.90. The van der Waals surface area contributed by atoms with Crippen LogP contribution in [-0.4, -0.2) is 21.2 Å². The van der Waals surface area contributed by atoms with Crippen LogP contribution in [-0.2, 0) is 11.2 Å². The van der Waals surface area contributed by atoms with Crippen molar-refractivity contribution in [3.8, 4) is 5.75 Å². The number of aliphatic carboxylic acids is 1. The zero-order valence-corrected chi connectivity index (χ0v) is 9.82. The Balaban J connectivity index is 2.38. The molecule has 90 valence electrons. The number of carboxylic acid groups (broad SMARTS) is 1. The number of phenolic OH excluding ortho intramolecular Hbond substituents is 1. The van der Waals surface area contributed by atoms with Gasteiger partial charge in [-0.05, 0) is 26.0 Å². The Morgan fingerprint density at radius 2 is 2.12 bits per heavy atom. The summed E-state index contributed by atoms with van der Waals surface area (Å²) in [5.74, 6) is -0.651. The van der Waals surface area contributed by atoms with Crippen LogP contribution in [0.15, 0.2) is 24.3 Å². The first-order chi connectivity index (χ1) is 7.90. The van der Waals surface area contributed by atoms with Crippen molar-refractivity contribution in [3.63, 3.8) is 0 Å². The molecule has 0 amide bonds. The van der Waals surface area contributed by atoms with Gasteiger partial charge in [0.05, 0.1) is 10.9 Å². The normalized spacial score (nSPS) is 11.9. The second kappa shape index (κ2) is 3.80. The van der Waals surface area contributed by atoms with Gasteiger partial charge in [0.1, 0.15) is 5.75 Å². The molecule has 0 bridgehead atoms. The van der Waals surface area contributed by atoms with Crippen molar-refractivity contribution in [1.29, 1.82) is 0 Å². The number of benzene rings is 1. The fraction of sp³-hybridized carbons (Fsp3) is 0.308. The molecule has 1 aromatic carbocycles. The van der Waals surface area contributed by atoms with E-state index in [-0.39, 0.29) is 5.75 Å². The van der Waals surface area contributed by atoms with Crippen LogP contribution >= 0.6 is 0 Å². The number of phenols is 1. The summed E-state index contributed by atoms with van der Waals surface area (Å²) < 4.78 is 0. The molecule has 4 nitrogen and oxygen atoms in total. The van der Waals surface area contributed by atoms with Gasteiger partial charge in [-0.25, -0.2) is 0 Å². The van der Waals surface area contributed by atoms with Crippen molar-refractivity contribution in [1.82, 2.24) is 4.98 Å². The molecule has 2 rings (SSSR count). The van der Waals surface area contributed by atoms with Gasteiger partial charge in [0.25, 0.3) is 0 Å². The highest BCUT2D eigenvalue weighted by Crippen LogP contribution is 2.28. The predicted octanol–water partition coefficient (Wildman–Crippen LogP) is 2.53. The van der Waals surface area contributed by atoms with Crippen LogP contribution in [0, 0.1) is 5.41 Å². The maximum absolute atomic E-state index is 11.0. The number of aromatic amines is 1. The number of hydrogen-bond acceptors (Lipinski definition) is 2. The van der Waals surface area contributed by atoms with Gasteiger partial charge in [0, 0.05) is 17.5 Å². The summed E-state index contributed by atoms with van der Waals surface area (Å²) in [6, 6.07) is 7.12.